The van der Waals surface area contributed by atoms with Gasteiger partial charge in [0.2, 0.25) is 5.91 Å². The van der Waals surface area contributed by atoms with Crippen molar-refractivity contribution in [2.24, 2.45) is 0 Å². The van der Waals surface area contributed by atoms with Crippen LogP contribution in [0, 0.1) is 0 Å². The number of aromatic nitrogens is 2. The van der Waals surface area contributed by atoms with Crippen LogP contribution in [0.2, 0.25) is 0 Å². The van der Waals surface area contributed by atoms with Gasteiger partial charge in [0.15, 0.2) is 5.69 Å². The van der Waals surface area contributed by atoms with E-state index in [1.54, 1.807) is 24.7 Å². The highest BCUT2D eigenvalue weighted by atomic mass is 16.2. The zero-order valence-electron chi connectivity index (χ0n) is 20.6. The molecule has 4 aliphatic rings. The lowest BCUT2D eigenvalue weighted by Gasteiger charge is -2.41. The molecular weight excluding hydrogens is 432 g/mol. The Morgan fingerprint density at radius 2 is 1.65 bits per heavy atom. The molecule has 1 N–H and O–H groups in total. The van der Waals surface area contributed by atoms with E-state index in [1.165, 1.54) is 37.0 Å². The summed E-state index contributed by atoms with van der Waals surface area (Å²) in [5, 5.41) is 7.64. The predicted molar refractivity (Wildman–Crippen MR) is 127 cm³/mol. The second-order valence-electron chi connectivity index (χ2n) is 10.8. The van der Waals surface area contributed by atoms with Crippen LogP contribution in [0.15, 0.2) is 6.07 Å². The summed E-state index contributed by atoms with van der Waals surface area (Å²) in [7, 11) is 1.67. The van der Waals surface area contributed by atoms with E-state index in [4.69, 9.17) is 0 Å². The van der Waals surface area contributed by atoms with E-state index in [1.807, 2.05) is 4.90 Å². The molecule has 9 heteroatoms. The minimum absolute atomic E-state index is 0.127. The molecule has 0 unspecified atom stereocenters. The molecule has 0 aromatic carbocycles. The maximum atomic E-state index is 13.2. The summed E-state index contributed by atoms with van der Waals surface area (Å²) in [5.74, 6) is -0.551. The monoisotopic (exact) mass is 470 g/mol. The lowest BCUT2D eigenvalue weighted by Crippen LogP contribution is -2.63. The zero-order chi connectivity index (χ0) is 23.9. The van der Waals surface area contributed by atoms with Gasteiger partial charge < -0.3 is 15.1 Å². The second kappa shape index (κ2) is 9.32. The number of amides is 3. The van der Waals surface area contributed by atoms with Gasteiger partial charge in [0.05, 0.1) is 6.54 Å². The first-order chi connectivity index (χ1) is 16.4. The van der Waals surface area contributed by atoms with Crippen LogP contribution in [0.1, 0.15) is 85.7 Å². The summed E-state index contributed by atoms with van der Waals surface area (Å²) >= 11 is 0. The van der Waals surface area contributed by atoms with Gasteiger partial charge in [-0.3, -0.25) is 24.0 Å². The van der Waals surface area contributed by atoms with Gasteiger partial charge in [0.1, 0.15) is 11.2 Å². The number of carbonyl (C=O) groups is 3. The van der Waals surface area contributed by atoms with E-state index >= 15 is 0 Å². The fourth-order valence-electron chi connectivity index (χ4n) is 6.14. The topological polar surface area (TPSA) is 90.8 Å². The number of piperazine rings is 1. The predicted octanol–water partition coefficient (Wildman–Crippen LogP) is 1.88. The Kier molecular flexibility index (Phi) is 6.39. The third-order valence-electron chi connectivity index (χ3n) is 8.59. The second-order valence-corrected chi connectivity index (χ2v) is 10.8. The lowest BCUT2D eigenvalue weighted by molar-refractivity contribution is -0.133. The molecule has 1 saturated heterocycles. The number of carbonyl (C=O) groups excluding carboxylic acids is 3. The van der Waals surface area contributed by atoms with Gasteiger partial charge in [-0.15, -0.1) is 0 Å². The molecule has 9 nitrogen and oxygen atoms in total. The maximum Gasteiger partial charge on any atom is 0.274 e. The quantitative estimate of drug-likeness (QED) is 0.726. The minimum Gasteiger partial charge on any atom is -0.351 e. The summed E-state index contributed by atoms with van der Waals surface area (Å²) < 4.78 is 1.56. The van der Waals surface area contributed by atoms with Crippen LogP contribution in [0.3, 0.4) is 0 Å². The molecule has 2 aliphatic heterocycles. The van der Waals surface area contributed by atoms with E-state index in [-0.39, 0.29) is 30.3 Å². The number of nitrogens with zero attached hydrogens (tertiary/aromatic N) is 5. The molecule has 34 heavy (non-hydrogen) atoms. The summed E-state index contributed by atoms with van der Waals surface area (Å²) in [5.41, 5.74) is -0.369. The highest BCUT2D eigenvalue weighted by molar-refractivity contribution is 6.01. The molecule has 1 aromatic heterocycles. The smallest absolute Gasteiger partial charge is 0.274 e. The van der Waals surface area contributed by atoms with Gasteiger partial charge in [-0.05, 0) is 32.6 Å². The Hall–Kier alpha value is -2.42. The number of nitrogens with one attached hydrogen (secondary N) is 1. The van der Waals surface area contributed by atoms with Crippen LogP contribution in [0.4, 0.5) is 0 Å². The molecule has 1 aromatic rings. The third kappa shape index (κ3) is 4.23. The van der Waals surface area contributed by atoms with Crippen molar-refractivity contribution in [3.8, 4) is 0 Å². The number of rotatable bonds is 4. The Morgan fingerprint density at radius 3 is 2.32 bits per heavy atom. The van der Waals surface area contributed by atoms with E-state index < -0.39 is 5.54 Å². The summed E-state index contributed by atoms with van der Waals surface area (Å²) in [4.78, 5) is 45.5. The summed E-state index contributed by atoms with van der Waals surface area (Å²) in [6.45, 7) is 5.19. The summed E-state index contributed by atoms with van der Waals surface area (Å²) in [6.07, 6.45) is 10.7. The Morgan fingerprint density at radius 1 is 1.00 bits per heavy atom. The van der Waals surface area contributed by atoms with Crippen molar-refractivity contribution in [2.75, 3.05) is 33.2 Å². The molecule has 0 bridgehead atoms. The molecule has 0 spiro atoms. The van der Waals surface area contributed by atoms with E-state index in [0.29, 0.717) is 30.5 Å². The van der Waals surface area contributed by atoms with Crippen LogP contribution in [0.25, 0.3) is 0 Å². The first-order valence-corrected chi connectivity index (χ1v) is 13.1. The van der Waals surface area contributed by atoms with Gasteiger partial charge in [0, 0.05) is 51.4 Å². The van der Waals surface area contributed by atoms with Crippen molar-refractivity contribution < 1.29 is 14.4 Å². The van der Waals surface area contributed by atoms with Crippen molar-refractivity contribution in [1.29, 1.82) is 0 Å². The van der Waals surface area contributed by atoms with Crippen LogP contribution in [-0.4, -0.2) is 93.1 Å². The van der Waals surface area contributed by atoms with Crippen LogP contribution in [-0.2, 0) is 11.3 Å². The molecular formula is C25H38N6O3. The average molecular weight is 471 g/mol. The van der Waals surface area contributed by atoms with Gasteiger partial charge in [-0.25, -0.2) is 0 Å². The summed E-state index contributed by atoms with van der Waals surface area (Å²) in [6, 6.07) is 2.44. The molecule has 1 atom stereocenters. The van der Waals surface area contributed by atoms with Gasteiger partial charge >= 0.3 is 0 Å². The van der Waals surface area contributed by atoms with E-state index in [2.05, 4.69) is 15.3 Å². The standard InChI is InChI=1S/C25H38N6O3/c1-25(24(34)26-18-8-6-7-9-18)17-31-21(23(33)28(25)2)16-20(27-31)22(32)30-14-12-29(13-15-30)19-10-4-3-5-11-19/h16,18-19H,3-15,17H2,1-2H3,(H,26,34)/t25-/m0/s1. The fourth-order valence-corrected chi connectivity index (χ4v) is 6.14. The number of fused-ring (bicyclic) bond motifs is 1. The van der Waals surface area contributed by atoms with Gasteiger partial charge in [-0.1, -0.05) is 32.1 Å². The van der Waals surface area contributed by atoms with Gasteiger partial charge in [0.25, 0.3) is 11.8 Å². The van der Waals surface area contributed by atoms with Crippen molar-refractivity contribution in [3.63, 3.8) is 0 Å². The van der Waals surface area contributed by atoms with E-state index in [0.717, 1.165) is 38.8 Å². The normalized spacial score (nSPS) is 27.2. The Labute approximate surface area is 201 Å². The molecule has 5 rings (SSSR count). The molecule has 3 amide bonds. The SMILES string of the molecule is CN1C(=O)c2cc(C(=O)N3CCN(C4CCCCC4)CC3)nn2C[C@@]1(C)C(=O)NC1CCCC1. The molecule has 3 fully saturated rings. The van der Waals surface area contributed by atoms with Crippen molar-refractivity contribution in [3.05, 3.63) is 17.5 Å². The fraction of sp³-hybridized carbons (Fsp3) is 0.760. The number of hydrogen-bond donors (Lipinski definition) is 1. The zero-order valence-corrected chi connectivity index (χ0v) is 20.6. The van der Waals surface area contributed by atoms with Crippen LogP contribution >= 0.6 is 0 Å². The molecule has 2 saturated carbocycles. The average Bonchev–Trinajstić information content (AvgIpc) is 3.53. The minimum atomic E-state index is -1.04. The largest absolute Gasteiger partial charge is 0.351 e. The lowest BCUT2D eigenvalue weighted by atomic mass is 9.94. The highest BCUT2D eigenvalue weighted by Crippen LogP contribution is 2.28. The van der Waals surface area contributed by atoms with Crippen molar-refractivity contribution in [2.45, 2.75) is 88.9 Å². The Bertz CT molecular complexity index is 940. The Balaban J connectivity index is 1.26. The van der Waals surface area contributed by atoms with E-state index in [9.17, 15) is 14.4 Å². The number of likely N-dealkylation sites (N-methyl/N-ethyl adjacent to an activating group) is 1. The third-order valence-corrected chi connectivity index (χ3v) is 8.59. The molecule has 2 aliphatic carbocycles. The van der Waals surface area contributed by atoms with Crippen LogP contribution in [0.5, 0.6) is 0 Å². The van der Waals surface area contributed by atoms with Gasteiger partial charge in [-0.2, -0.15) is 5.10 Å². The first kappa shape index (κ1) is 23.3. The molecule has 3 heterocycles. The highest BCUT2D eigenvalue weighted by Gasteiger charge is 2.47. The molecule has 0 radical (unpaired) electrons. The molecule has 186 valence electrons. The first-order valence-electron chi connectivity index (χ1n) is 13.1. The van der Waals surface area contributed by atoms with Crippen molar-refractivity contribution in [1.82, 2.24) is 29.8 Å². The maximum absolute atomic E-state index is 13.2. The number of hydrogen-bond acceptors (Lipinski definition) is 5. The van der Waals surface area contributed by atoms with Crippen LogP contribution < -0.4 is 5.32 Å². The van der Waals surface area contributed by atoms with Crippen molar-refractivity contribution >= 4 is 17.7 Å².